The van der Waals surface area contributed by atoms with Crippen molar-refractivity contribution >= 4 is 17.2 Å². The molecule has 1 atom stereocenters. The molecule has 0 aromatic heterocycles. The Bertz CT molecular complexity index is 212. The van der Waals surface area contributed by atoms with Crippen molar-refractivity contribution < 1.29 is 0 Å². The van der Waals surface area contributed by atoms with Crippen LogP contribution in [-0.4, -0.2) is 23.6 Å². The quantitative estimate of drug-likeness (QED) is 0.351. The van der Waals surface area contributed by atoms with E-state index in [4.69, 9.17) is 0 Å². The molecule has 20 heavy (non-hydrogen) atoms. The van der Waals surface area contributed by atoms with Gasteiger partial charge in [0.1, 0.15) is 0 Å². The lowest BCUT2D eigenvalue weighted by Gasteiger charge is -2.38. The molecule has 0 amide bonds. The summed E-state index contributed by atoms with van der Waals surface area (Å²) in [6.45, 7) is 0. The van der Waals surface area contributed by atoms with Gasteiger partial charge in [-0.3, -0.25) is 0 Å². The number of hydrogen-bond donors (Lipinski definition) is 0. The van der Waals surface area contributed by atoms with E-state index in [2.05, 4.69) is 9.24 Å². The molecule has 0 aromatic rings. The van der Waals surface area contributed by atoms with E-state index in [-0.39, 0.29) is 0 Å². The second-order valence-corrected chi connectivity index (χ2v) is 10.5. The molecule has 2 heteroatoms. The Balaban J connectivity index is 1.78. The zero-order valence-electron chi connectivity index (χ0n) is 13.5. The van der Waals surface area contributed by atoms with E-state index >= 15 is 0 Å². The normalized spacial score (nSPS) is 22.5. The molecule has 0 aliphatic heterocycles. The molecule has 0 bridgehead atoms. The van der Waals surface area contributed by atoms with Crippen LogP contribution in [0.2, 0.25) is 0 Å². The predicted molar refractivity (Wildman–Crippen MR) is 98.6 cm³/mol. The SMILES string of the molecule is PCCCCCCP(C1CCCCC1)C1CCCCC1. The third kappa shape index (κ3) is 5.93. The van der Waals surface area contributed by atoms with E-state index in [1.165, 1.54) is 49.6 Å². The molecule has 0 aromatic carbocycles. The maximum Gasteiger partial charge on any atom is -0.0207 e. The summed E-state index contributed by atoms with van der Waals surface area (Å²) in [7, 11) is 3.25. The van der Waals surface area contributed by atoms with Gasteiger partial charge in [-0.2, -0.15) is 0 Å². The van der Waals surface area contributed by atoms with Crippen LogP contribution in [0, 0.1) is 0 Å². The molecule has 118 valence electrons. The molecule has 0 heterocycles. The van der Waals surface area contributed by atoms with Crippen LogP contribution < -0.4 is 0 Å². The first-order valence-electron chi connectivity index (χ1n) is 9.37. The molecule has 0 saturated heterocycles. The first kappa shape index (κ1) is 17.2. The summed E-state index contributed by atoms with van der Waals surface area (Å²) in [5, 5.41) is 0. The first-order valence-corrected chi connectivity index (χ1v) is 11.9. The summed E-state index contributed by atoms with van der Waals surface area (Å²) in [6.07, 6.45) is 24.5. The fraction of sp³-hybridized carbons (Fsp3) is 1.00. The van der Waals surface area contributed by atoms with Crippen molar-refractivity contribution in [2.75, 3.05) is 12.3 Å². The average Bonchev–Trinajstić information content (AvgIpc) is 2.53. The van der Waals surface area contributed by atoms with Crippen LogP contribution in [-0.2, 0) is 0 Å². The molecule has 0 radical (unpaired) electrons. The molecule has 2 fully saturated rings. The summed E-state index contributed by atoms with van der Waals surface area (Å²) >= 11 is 0. The van der Waals surface area contributed by atoms with Crippen molar-refractivity contribution in [2.45, 2.75) is 101 Å². The molecular formula is C18H36P2. The van der Waals surface area contributed by atoms with Gasteiger partial charge in [0.05, 0.1) is 0 Å². The van der Waals surface area contributed by atoms with Gasteiger partial charge in [0.15, 0.2) is 0 Å². The van der Waals surface area contributed by atoms with Crippen molar-refractivity contribution in [2.24, 2.45) is 0 Å². The lowest BCUT2D eigenvalue weighted by molar-refractivity contribution is 0.483. The highest BCUT2D eigenvalue weighted by atomic mass is 31.1. The Hall–Kier alpha value is 0.860. The molecule has 1 unspecified atom stereocenters. The Labute approximate surface area is 131 Å². The minimum Gasteiger partial charge on any atom is -0.138 e. The Kier molecular flexibility index (Phi) is 9.09. The molecule has 2 aliphatic rings. The Morgan fingerprint density at radius 2 is 1.15 bits per heavy atom. The Morgan fingerprint density at radius 1 is 0.650 bits per heavy atom. The summed E-state index contributed by atoms with van der Waals surface area (Å²) in [5.41, 5.74) is 2.34. The van der Waals surface area contributed by atoms with E-state index in [9.17, 15) is 0 Å². The third-order valence-electron chi connectivity index (χ3n) is 5.46. The largest absolute Gasteiger partial charge is 0.138 e. The zero-order valence-corrected chi connectivity index (χ0v) is 15.5. The average molecular weight is 314 g/mol. The van der Waals surface area contributed by atoms with Crippen molar-refractivity contribution in [3.8, 4) is 0 Å². The van der Waals surface area contributed by atoms with Gasteiger partial charge in [-0.25, -0.2) is 0 Å². The van der Waals surface area contributed by atoms with Gasteiger partial charge in [-0.15, -0.1) is 17.2 Å². The van der Waals surface area contributed by atoms with Crippen molar-refractivity contribution in [3.05, 3.63) is 0 Å². The van der Waals surface area contributed by atoms with Crippen LogP contribution in [0.25, 0.3) is 0 Å². The van der Waals surface area contributed by atoms with E-state index in [0.717, 1.165) is 0 Å². The summed E-state index contributed by atoms with van der Waals surface area (Å²) in [4.78, 5) is 0. The fourth-order valence-electron chi connectivity index (χ4n) is 4.28. The molecule has 0 nitrogen and oxygen atoms in total. The van der Waals surface area contributed by atoms with Crippen LogP contribution >= 0.6 is 17.2 Å². The predicted octanol–water partition coefficient (Wildman–Crippen LogP) is 6.57. The second-order valence-electron chi connectivity index (χ2n) is 7.02. The van der Waals surface area contributed by atoms with Gasteiger partial charge in [0.25, 0.3) is 0 Å². The summed E-state index contributed by atoms with van der Waals surface area (Å²) in [6, 6.07) is 0. The monoisotopic (exact) mass is 314 g/mol. The van der Waals surface area contributed by atoms with E-state index in [1.807, 2.05) is 0 Å². The van der Waals surface area contributed by atoms with Crippen molar-refractivity contribution in [1.82, 2.24) is 0 Å². The highest BCUT2D eigenvalue weighted by molar-refractivity contribution is 7.59. The van der Waals surface area contributed by atoms with Crippen LogP contribution in [0.15, 0.2) is 0 Å². The van der Waals surface area contributed by atoms with Gasteiger partial charge >= 0.3 is 0 Å². The third-order valence-corrected chi connectivity index (χ3v) is 9.61. The maximum absolute atomic E-state index is 2.88. The van der Waals surface area contributed by atoms with E-state index in [0.29, 0.717) is 7.92 Å². The van der Waals surface area contributed by atoms with E-state index < -0.39 is 0 Å². The molecular weight excluding hydrogens is 278 g/mol. The van der Waals surface area contributed by atoms with Gasteiger partial charge < -0.3 is 0 Å². The summed E-state index contributed by atoms with van der Waals surface area (Å²) in [5.74, 6) is 0. The maximum atomic E-state index is 2.88. The van der Waals surface area contributed by atoms with Gasteiger partial charge in [0.2, 0.25) is 0 Å². The van der Waals surface area contributed by atoms with Gasteiger partial charge in [-0.1, -0.05) is 51.4 Å². The zero-order chi connectivity index (χ0) is 14.0. The van der Waals surface area contributed by atoms with Crippen LogP contribution in [0.5, 0.6) is 0 Å². The minimum absolute atomic E-state index is 0.377. The molecule has 2 aliphatic carbocycles. The number of hydrogen-bond acceptors (Lipinski definition) is 0. The smallest absolute Gasteiger partial charge is 0.0207 e. The topological polar surface area (TPSA) is 0 Å². The second kappa shape index (κ2) is 10.6. The number of unbranched alkanes of at least 4 members (excludes halogenated alkanes) is 3. The van der Waals surface area contributed by atoms with Crippen LogP contribution in [0.1, 0.15) is 89.9 Å². The standard InChI is InChI=1S/C18H36P2/c19-15-9-1-2-10-16-20(17-11-5-3-6-12-17)18-13-7-4-8-14-18/h17-18H,1-16,19H2. The van der Waals surface area contributed by atoms with Gasteiger partial charge in [-0.05, 0) is 62.2 Å². The van der Waals surface area contributed by atoms with Crippen LogP contribution in [0.4, 0.5) is 0 Å². The molecule has 2 saturated carbocycles. The Morgan fingerprint density at radius 3 is 1.65 bits per heavy atom. The lowest BCUT2D eigenvalue weighted by Crippen LogP contribution is -2.22. The van der Waals surface area contributed by atoms with E-state index in [1.54, 1.807) is 63.9 Å². The molecule has 0 N–H and O–H groups in total. The first-order chi connectivity index (χ1) is 9.92. The van der Waals surface area contributed by atoms with Crippen molar-refractivity contribution in [1.29, 1.82) is 0 Å². The molecule has 0 spiro atoms. The number of rotatable bonds is 8. The summed E-state index contributed by atoms with van der Waals surface area (Å²) < 4.78 is 0. The highest BCUT2D eigenvalue weighted by Crippen LogP contribution is 2.56. The van der Waals surface area contributed by atoms with Crippen molar-refractivity contribution in [3.63, 3.8) is 0 Å². The molecule has 2 rings (SSSR count). The van der Waals surface area contributed by atoms with Crippen LogP contribution in [0.3, 0.4) is 0 Å². The lowest BCUT2D eigenvalue weighted by atomic mass is 9.99. The minimum atomic E-state index is 0.377. The highest BCUT2D eigenvalue weighted by Gasteiger charge is 2.30. The van der Waals surface area contributed by atoms with Gasteiger partial charge in [0, 0.05) is 0 Å². The fourth-order valence-corrected chi connectivity index (χ4v) is 8.54.